The van der Waals surface area contributed by atoms with Crippen molar-refractivity contribution < 1.29 is 9.59 Å². The SMILES string of the molecule is Cc1cc(C(=O)Nc2nc3cccc(C)c3n2C2CCCN(C(=O)/C=C/CN(C)C)C2)ccn1. The fourth-order valence-corrected chi connectivity index (χ4v) is 4.46. The quantitative estimate of drug-likeness (QED) is 0.569. The molecule has 1 saturated heterocycles. The highest BCUT2D eigenvalue weighted by Crippen LogP contribution is 2.32. The second-order valence-corrected chi connectivity index (χ2v) is 9.13. The minimum Gasteiger partial charge on any atom is -0.337 e. The minimum absolute atomic E-state index is 0.0144. The smallest absolute Gasteiger partial charge is 0.258 e. The number of imidazole rings is 1. The van der Waals surface area contributed by atoms with Crippen LogP contribution in [0.2, 0.25) is 0 Å². The second kappa shape index (κ2) is 10.2. The molecule has 1 fully saturated rings. The highest BCUT2D eigenvalue weighted by Gasteiger charge is 2.28. The average molecular weight is 461 g/mol. The van der Waals surface area contributed by atoms with E-state index in [0.29, 0.717) is 18.1 Å². The number of para-hydroxylation sites is 1. The Labute approximate surface area is 200 Å². The number of hydrogen-bond donors (Lipinski definition) is 1. The van der Waals surface area contributed by atoms with Gasteiger partial charge in [0, 0.05) is 43.2 Å². The van der Waals surface area contributed by atoms with Gasteiger partial charge in [0.05, 0.1) is 17.1 Å². The monoisotopic (exact) mass is 460 g/mol. The average Bonchev–Trinajstić information content (AvgIpc) is 3.18. The molecule has 0 saturated carbocycles. The molecule has 34 heavy (non-hydrogen) atoms. The first-order valence-electron chi connectivity index (χ1n) is 11.6. The topological polar surface area (TPSA) is 83.4 Å². The lowest BCUT2D eigenvalue weighted by Crippen LogP contribution is -2.40. The Morgan fingerprint density at radius 2 is 2.06 bits per heavy atom. The molecular weight excluding hydrogens is 428 g/mol. The van der Waals surface area contributed by atoms with Gasteiger partial charge in [-0.3, -0.25) is 19.9 Å². The zero-order valence-corrected chi connectivity index (χ0v) is 20.3. The summed E-state index contributed by atoms with van der Waals surface area (Å²) in [6.45, 7) is 5.93. The molecule has 0 radical (unpaired) electrons. The van der Waals surface area contributed by atoms with Crippen molar-refractivity contribution in [3.63, 3.8) is 0 Å². The molecule has 8 nitrogen and oxygen atoms in total. The number of likely N-dealkylation sites (N-methyl/N-ethyl adjacent to an activating group) is 1. The molecular formula is C26H32N6O2. The van der Waals surface area contributed by atoms with E-state index in [1.54, 1.807) is 24.4 Å². The Balaban J connectivity index is 1.65. The van der Waals surface area contributed by atoms with Crippen LogP contribution in [0.1, 0.15) is 40.5 Å². The van der Waals surface area contributed by atoms with E-state index in [0.717, 1.165) is 48.2 Å². The zero-order valence-electron chi connectivity index (χ0n) is 20.3. The van der Waals surface area contributed by atoms with Crippen LogP contribution in [0, 0.1) is 13.8 Å². The van der Waals surface area contributed by atoms with Crippen LogP contribution in [0.5, 0.6) is 0 Å². The van der Waals surface area contributed by atoms with Gasteiger partial charge in [-0.05, 0) is 64.5 Å². The van der Waals surface area contributed by atoms with E-state index in [-0.39, 0.29) is 17.9 Å². The van der Waals surface area contributed by atoms with Gasteiger partial charge in [-0.25, -0.2) is 4.98 Å². The maximum Gasteiger partial charge on any atom is 0.258 e. The van der Waals surface area contributed by atoms with Gasteiger partial charge >= 0.3 is 0 Å². The standard InChI is InChI=1S/C26H32N6O2/c1-18-8-5-10-22-24(18)32(26(28-22)29-25(34)20-12-13-27-19(2)16-20)21-9-6-15-31(17-21)23(33)11-7-14-30(3)4/h5,7-8,10-13,16,21H,6,9,14-15,17H2,1-4H3,(H,28,29,34)/b11-7+. The molecule has 3 heterocycles. The number of piperidine rings is 1. The van der Waals surface area contributed by atoms with Gasteiger partial charge in [0.15, 0.2) is 0 Å². The number of aromatic nitrogens is 3. The van der Waals surface area contributed by atoms with Crippen LogP contribution >= 0.6 is 0 Å². The second-order valence-electron chi connectivity index (χ2n) is 9.13. The number of likely N-dealkylation sites (tertiary alicyclic amines) is 1. The van der Waals surface area contributed by atoms with Crippen LogP contribution < -0.4 is 5.32 Å². The van der Waals surface area contributed by atoms with Crippen molar-refractivity contribution in [1.29, 1.82) is 0 Å². The highest BCUT2D eigenvalue weighted by molar-refractivity contribution is 6.04. The Hall–Kier alpha value is -3.52. The van der Waals surface area contributed by atoms with E-state index in [1.807, 2.05) is 62.0 Å². The molecule has 2 aromatic heterocycles. The number of hydrogen-bond acceptors (Lipinski definition) is 5. The Morgan fingerprint density at radius 1 is 1.24 bits per heavy atom. The van der Waals surface area contributed by atoms with Crippen LogP contribution in [-0.2, 0) is 4.79 Å². The number of aryl methyl sites for hydroxylation is 2. The third-order valence-corrected chi connectivity index (χ3v) is 6.10. The van der Waals surface area contributed by atoms with Gasteiger partial charge in [0.1, 0.15) is 0 Å². The molecule has 2 amide bonds. The Morgan fingerprint density at radius 3 is 2.82 bits per heavy atom. The van der Waals surface area contributed by atoms with Crippen molar-refractivity contribution in [3.05, 3.63) is 65.5 Å². The molecule has 1 N–H and O–H groups in total. The van der Waals surface area contributed by atoms with Gasteiger partial charge in [-0.2, -0.15) is 0 Å². The lowest BCUT2D eigenvalue weighted by molar-refractivity contribution is -0.127. The fourth-order valence-electron chi connectivity index (χ4n) is 4.46. The lowest BCUT2D eigenvalue weighted by Gasteiger charge is -2.34. The highest BCUT2D eigenvalue weighted by atomic mass is 16.2. The van der Waals surface area contributed by atoms with Crippen molar-refractivity contribution in [2.75, 3.05) is 39.0 Å². The molecule has 178 valence electrons. The van der Waals surface area contributed by atoms with E-state index in [2.05, 4.69) is 14.9 Å². The fraction of sp³-hybridized carbons (Fsp3) is 0.385. The third kappa shape index (κ3) is 5.17. The summed E-state index contributed by atoms with van der Waals surface area (Å²) in [6, 6.07) is 9.45. The Bertz CT molecular complexity index is 1230. The van der Waals surface area contributed by atoms with Gasteiger partial charge in [-0.1, -0.05) is 18.2 Å². The number of anilines is 1. The minimum atomic E-state index is -0.227. The maximum absolute atomic E-state index is 13.0. The van der Waals surface area contributed by atoms with E-state index in [1.165, 1.54) is 0 Å². The molecule has 0 bridgehead atoms. The zero-order chi connectivity index (χ0) is 24.2. The van der Waals surface area contributed by atoms with E-state index >= 15 is 0 Å². The van der Waals surface area contributed by atoms with Gasteiger partial charge in [0.25, 0.3) is 5.91 Å². The van der Waals surface area contributed by atoms with Crippen LogP contribution in [0.4, 0.5) is 5.95 Å². The summed E-state index contributed by atoms with van der Waals surface area (Å²) >= 11 is 0. The number of rotatable bonds is 6. The summed E-state index contributed by atoms with van der Waals surface area (Å²) in [5.41, 5.74) is 4.22. The first kappa shape index (κ1) is 23.6. The first-order chi connectivity index (χ1) is 16.3. The van der Waals surface area contributed by atoms with Crippen molar-refractivity contribution in [3.8, 4) is 0 Å². The number of nitrogens with one attached hydrogen (secondary N) is 1. The number of carbonyl (C=O) groups excluding carboxylic acids is 2. The van der Waals surface area contributed by atoms with Crippen LogP contribution in [0.25, 0.3) is 11.0 Å². The van der Waals surface area contributed by atoms with E-state index < -0.39 is 0 Å². The number of pyridine rings is 1. The van der Waals surface area contributed by atoms with Crippen LogP contribution in [0.15, 0.2) is 48.7 Å². The van der Waals surface area contributed by atoms with Gasteiger partial charge < -0.3 is 14.4 Å². The summed E-state index contributed by atoms with van der Waals surface area (Å²) in [7, 11) is 3.95. The normalized spacial score (nSPS) is 16.5. The third-order valence-electron chi connectivity index (χ3n) is 6.10. The first-order valence-corrected chi connectivity index (χ1v) is 11.6. The predicted octanol–water partition coefficient (Wildman–Crippen LogP) is 3.58. The predicted molar refractivity (Wildman–Crippen MR) is 134 cm³/mol. The number of carbonyl (C=O) groups is 2. The summed E-state index contributed by atoms with van der Waals surface area (Å²) in [6.07, 6.45) is 6.98. The van der Waals surface area contributed by atoms with Crippen molar-refractivity contribution in [2.45, 2.75) is 32.7 Å². The van der Waals surface area contributed by atoms with E-state index in [4.69, 9.17) is 4.98 Å². The number of benzene rings is 1. The summed E-state index contributed by atoms with van der Waals surface area (Å²) in [5, 5.41) is 3.02. The van der Waals surface area contributed by atoms with Crippen LogP contribution in [0.3, 0.4) is 0 Å². The van der Waals surface area contributed by atoms with E-state index in [9.17, 15) is 9.59 Å². The number of nitrogens with zero attached hydrogens (tertiary/aromatic N) is 5. The van der Waals surface area contributed by atoms with Gasteiger partial charge in [-0.15, -0.1) is 0 Å². The molecule has 8 heteroatoms. The van der Waals surface area contributed by atoms with Crippen molar-refractivity contribution in [2.24, 2.45) is 0 Å². The molecule has 1 aliphatic rings. The molecule has 3 aromatic rings. The molecule has 1 aromatic carbocycles. The molecule has 4 rings (SSSR count). The summed E-state index contributed by atoms with van der Waals surface area (Å²) < 4.78 is 2.11. The largest absolute Gasteiger partial charge is 0.337 e. The maximum atomic E-state index is 13.0. The van der Waals surface area contributed by atoms with Gasteiger partial charge in [0.2, 0.25) is 11.9 Å². The van der Waals surface area contributed by atoms with Crippen molar-refractivity contribution >= 4 is 28.8 Å². The molecule has 1 atom stereocenters. The number of amides is 2. The Kier molecular flexibility index (Phi) is 7.07. The summed E-state index contributed by atoms with van der Waals surface area (Å²) in [5.74, 6) is 0.298. The number of fused-ring (bicyclic) bond motifs is 1. The lowest BCUT2D eigenvalue weighted by atomic mass is 10.0. The molecule has 0 aliphatic carbocycles. The van der Waals surface area contributed by atoms with Crippen LogP contribution in [-0.4, -0.2) is 69.9 Å². The molecule has 0 spiro atoms. The summed E-state index contributed by atoms with van der Waals surface area (Å²) in [4.78, 5) is 38.7. The molecule has 1 unspecified atom stereocenters. The molecule has 1 aliphatic heterocycles. The van der Waals surface area contributed by atoms with Crippen molar-refractivity contribution in [1.82, 2.24) is 24.3 Å².